The van der Waals surface area contributed by atoms with Gasteiger partial charge in [0.1, 0.15) is 0 Å². The van der Waals surface area contributed by atoms with Crippen LogP contribution in [0.15, 0.2) is 0 Å². The van der Waals surface area contributed by atoms with Crippen LogP contribution in [0.1, 0.15) is 12.8 Å². The molecule has 0 saturated carbocycles. The minimum Gasteiger partial charge on any atom is -0.385 e. The molecule has 86 valence electrons. The van der Waals surface area contributed by atoms with Gasteiger partial charge in [0.2, 0.25) is 0 Å². The third kappa shape index (κ3) is 12.2. The van der Waals surface area contributed by atoms with E-state index >= 15 is 0 Å². The number of hydrogen-bond acceptors (Lipinski definition) is 4. The van der Waals surface area contributed by atoms with Crippen LogP contribution in [-0.2, 0) is 9.47 Å². The van der Waals surface area contributed by atoms with Crippen LogP contribution in [0.3, 0.4) is 0 Å². The van der Waals surface area contributed by atoms with Gasteiger partial charge in [-0.05, 0) is 25.1 Å². The van der Waals surface area contributed by atoms with E-state index in [0.717, 1.165) is 39.1 Å². The number of thioether (sulfide) groups is 1. The molecule has 0 aromatic rings. The SMILES string of the molecule is COCCCNCCSCCCOC. The predicted octanol–water partition coefficient (Wildman–Crippen LogP) is 1.38. The summed E-state index contributed by atoms with van der Waals surface area (Å²) in [6.45, 7) is 3.90. The van der Waals surface area contributed by atoms with Crippen LogP contribution in [0, 0.1) is 0 Å². The summed E-state index contributed by atoms with van der Waals surface area (Å²) in [6.07, 6.45) is 2.26. The molecule has 0 amide bonds. The Kier molecular flexibility index (Phi) is 13.4. The van der Waals surface area contributed by atoms with Crippen LogP contribution in [0.5, 0.6) is 0 Å². The third-order valence-electron chi connectivity index (χ3n) is 1.76. The summed E-state index contributed by atoms with van der Waals surface area (Å²) < 4.78 is 9.93. The number of methoxy groups -OCH3 is 2. The molecule has 4 heteroatoms. The Morgan fingerprint density at radius 3 is 2.36 bits per heavy atom. The molecule has 0 aromatic carbocycles. The highest BCUT2D eigenvalue weighted by molar-refractivity contribution is 7.99. The molecule has 0 fully saturated rings. The third-order valence-corrected chi connectivity index (χ3v) is 2.83. The Morgan fingerprint density at radius 2 is 1.64 bits per heavy atom. The van der Waals surface area contributed by atoms with E-state index in [1.54, 1.807) is 14.2 Å². The van der Waals surface area contributed by atoms with Gasteiger partial charge in [0, 0.05) is 39.7 Å². The lowest BCUT2D eigenvalue weighted by Crippen LogP contribution is -2.19. The molecule has 0 radical (unpaired) electrons. The molecule has 0 bridgehead atoms. The van der Waals surface area contributed by atoms with Gasteiger partial charge in [-0.25, -0.2) is 0 Å². The van der Waals surface area contributed by atoms with E-state index in [1.807, 2.05) is 11.8 Å². The van der Waals surface area contributed by atoms with Crippen LogP contribution in [-0.4, -0.2) is 52.0 Å². The summed E-state index contributed by atoms with van der Waals surface area (Å²) in [5.74, 6) is 2.39. The summed E-state index contributed by atoms with van der Waals surface area (Å²) in [4.78, 5) is 0. The average molecular weight is 221 g/mol. The standard InChI is InChI=1S/C10H23NO2S/c1-12-7-3-5-11-6-10-14-9-4-8-13-2/h11H,3-10H2,1-2H3. The molecule has 0 aliphatic heterocycles. The van der Waals surface area contributed by atoms with Crippen molar-refractivity contribution >= 4 is 11.8 Å². The molecule has 0 aliphatic rings. The fourth-order valence-corrected chi connectivity index (χ4v) is 1.83. The highest BCUT2D eigenvalue weighted by Gasteiger charge is 1.90. The molecule has 14 heavy (non-hydrogen) atoms. The normalized spacial score (nSPS) is 10.7. The van der Waals surface area contributed by atoms with E-state index in [-0.39, 0.29) is 0 Å². The summed E-state index contributed by atoms with van der Waals surface area (Å²) in [6, 6.07) is 0. The smallest absolute Gasteiger partial charge is 0.0474 e. The van der Waals surface area contributed by atoms with Crippen molar-refractivity contribution in [3.05, 3.63) is 0 Å². The summed E-state index contributed by atoms with van der Waals surface area (Å²) in [7, 11) is 3.49. The van der Waals surface area contributed by atoms with Crippen LogP contribution in [0.25, 0.3) is 0 Å². The van der Waals surface area contributed by atoms with Gasteiger partial charge in [-0.15, -0.1) is 0 Å². The molecule has 0 spiro atoms. The fourth-order valence-electron chi connectivity index (χ4n) is 1.02. The lowest BCUT2D eigenvalue weighted by atomic mass is 10.4. The molecular weight excluding hydrogens is 198 g/mol. The van der Waals surface area contributed by atoms with Gasteiger partial charge in [0.05, 0.1) is 0 Å². The molecule has 1 N–H and O–H groups in total. The molecule has 0 rings (SSSR count). The maximum Gasteiger partial charge on any atom is 0.0474 e. The minimum atomic E-state index is 0.855. The van der Waals surface area contributed by atoms with Crippen LogP contribution in [0.4, 0.5) is 0 Å². The Morgan fingerprint density at radius 1 is 0.929 bits per heavy atom. The first-order chi connectivity index (χ1) is 6.91. The van der Waals surface area contributed by atoms with Crippen molar-refractivity contribution in [1.82, 2.24) is 5.32 Å². The van der Waals surface area contributed by atoms with Crippen LogP contribution < -0.4 is 5.32 Å². The van der Waals surface area contributed by atoms with Crippen LogP contribution >= 0.6 is 11.8 Å². The van der Waals surface area contributed by atoms with Gasteiger partial charge in [-0.3, -0.25) is 0 Å². The number of hydrogen-bond donors (Lipinski definition) is 1. The van der Waals surface area contributed by atoms with Crippen molar-refractivity contribution in [2.45, 2.75) is 12.8 Å². The van der Waals surface area contributed by atoms with Crippen molar-refractivity contribution in [2.75, 3.05) is 52.0 Å². The molecule has 0 atom stereocenters. The zero-order valence-electron chi connectivity index (χ0n) is 9.38. The monoisotopic (exact) mass is 221 g/mol. The second-order valence-corrected chi connectivity index (χ2v) is 4.28. The molecule has 0 aliphatic carbocycles. The van der Waals surface area contributed by atoms with Gasteiger partial charge in [0.25, 0.3) is 0 Å². The second-order valence-electron chi connectivity index (χ2n) is 3.06. The van der Waals surface area contributed by atoms with E-state index in [4.69, 9.17) is 9.47 Å². The Hall–Kier alpha value is 0.230. The van der Waals surface area contributed by atoms with Crippen molar-refractivity contribution in [2.24, 2.45) is 0 Å². The van der Waals surface area contributed by atoms with Crippen molar-refractivity contribution < 1.29 is 9.47 Å². The lowest BCUT2D eigenvalue weighted by molar-refractivity contribution is 0.194. The first-order valence-corrected chi connectivity index (χ1v) is 6.33. The second kappa shape index (κ2) is 13.2. The van der Waals surface area contributed by atoms with Gasteiger partial charge in [0.15, 0.2) is 0 Å². The molecule has 0 heterocycles. The van der Waals surface area contributed by atoms with E-state index in [0.29, 0.717) is 0 Å². The number of ether oxygens (including phenoxy) is 2. The van der Waals surface area contributed by atoms with Gasteiger partial charge < -0.3 is 14.8 Å². The van der Waals surface area contributed by atoms with Gasteiger partial charge in [-0.2, -0.15) is 11.8 Å². The van der Waals surface area contributed by atoms with E-state index in [9.17, 15) is 0 Å². The molecule has 0 unspecified atom stereocenters. The van der Waals surface area contributed by atoms with E-state index < -0.39 is 0 Å². The van der Waals surface area contributed by atoms with Crippen LogP contribution in [0.2, 0.25) is 0 Å². The first-order valence-electron chi connectivity index (χ1n) is 5.18. The zero-order valence-corrected chi connectivity index (χ0v) is 10.2. The Balaban J connectivity index is 2.78. The predicted molar refractivity (Wildman–Crippen MR) is 63.2 cm³/mol. The van der Waals surface area contributed by atoms with Gasteiger partial charge >= 0.3 is 0 Å². The average Bonchev–Trinajstić information content (AvgIpc) is 2.21. The van der Waals surface area contributed by atoms with Crippen molar-refractivity contribution in [3.63, 3.8) is 0 Å². The highest BCUT2D eigenvalue weighted by Crippen LogP contribution is 2.00. The summed E-state index contributed by atoms with van der Waals surface area (Å²) in [5, 5.41) is 3.38. The molecule has 0 saturated heterocycles. The van der Waals surface area contributed by atoms with E-state index in [2.05, 4.69) is 5.32 Å². The zero-order chi connectivity index (χ0) is 10.5. The maximum absolute atomic E-state index is 4.97. The largest absolute Gasteiger partial charge is 0.385 e. The summed E-state index contributed by atoms with van der Waals surface area (Å²) >= 11 is 1.98. The maximum atomic E-state index is 4.97. The quantitative estimate of drug-likeness (QED) is 0.534. The minimum absolute atomic E-state index is 0.855. The molecule has 3 nitrogen and oxygen atoms in total. The lowest BCUT2D eigenvalue weighted by Gasteiger charge is -2.04. The fraction of sp³-hybridized carbons (Fsp3) is 1.00. The van der Waals surface area contributed by atoms with Crippen molar-refractivity contribution in [3.8, 4) is 0 Å². The topological polar surface area (TPSA) is 30.5 Å². The number of nitrogens with one attached hydrogen (secondary N) is 1. The van der Waals surface area contributed by atoms with Gasteiger partial charge in [-0.1, -0.05) is 0 Å². The molecule has 0 aromatic heterocycles. The Labute approximate surface area is 91.9 Å². The molecular formula is C10H23NO2S. The summed E-state index contributed by atoms with van der Waals surface area (Å²) in [5.41, 5.74) is 0. The van der Waals surface area contributed by atoms with Crippen molar-refractivity contribution in [1.29, 1.82) is 0 Å². The van der Waals surface area contributed by atoms with E-state index in [1.165, 1.54) is 11.5 Å². The Bertz CT molecular complexity index is 92.1. The first kappa shape index (κ1) is 14.2. The number of rotatable bonds is 11. The highest BCUT2D eigenvalue weighted by atomic mass is 32.2.